The van der Waals surface area contributed by atoms with E-state index in [0.717, 1.165) is 14.7 Å². The van der Waals surface area contributed by atoms with Gasteiger partial charge in [-0.1, -0.05) is 59.9 Å². The fourth-order valence-corrected chi connectivity index (χ4v) is 4.74. The van der Waals surface area contributed by atoms with Crippen molar-refractivity contribution in [2.24, 2.45) is 0 Å². The van der Waals surface area contributed by atoms with Crippen LogP contribution in [0.1, 0.15) is 0 Å². The minimum absolute atomic E-state index is 0.0774. The molecule has 3 aromatic rings. The first-order chi connectivity index (χ1) is 13.6. The van der Waals surface area contributed by atoms with Gasteiger partial charge < -0.3 is 5.11 Å². The number of hydrogen-bond acceptors (Lipinski definition) is 5. The first-order valence-corrected chi connectivity index (χ1v) is 10.1. The van der Waals surface area contributed by atoms with Crippen LogP contribution in [-0.2, 0) is 9.59 Å². The van der Waals surface area contributed by atoms with Crippen molar-refractivity contribution in [2.75, 3.05) is 4.90 Å². The summed E-state index contributed by atoms with van der Waals surface area (Å²) in [4.78, 5) is 30.1. The number of benzene rings is 3. The number of imide groups is 1. The standard InChI is InChI=1S/C22H15NO3S2/c24-16-13-11-15(12-14-16)23-21(25)19(27-17-7-3-1-4-8-17)20(22(23)26)28-18-9-5-2-6-10-18/h1-14,24H. The van der Waals surface area contributed by atoms with Gasteiger partial charge in [-0.3, -0.25) is 9.59 Å². The predicted octanol–water partition coefficient (Wildman–Crippen LogP) is 5.06. The molecular weight excluding hydrogens is 390 g/mol. The number of carbonyl (C=O) groups is 2. The number of aromatic hydroxyl groups is 1. The lowest BCUT2D eigenvalue weighted by molar-refractivity contribution is -0.120. The number of nitrogens with zero attached hydrogens (tertiary/aromatic N) is 1. The Morgan fingerprint density at radius 3 is 1.46 bits per heavy atom. The highest BCUT2D eigenvalue weighted by molar-refractivity contribution is 8.08. The molecule has 0 spiro atoms. The van der Waals surface area contributed by atoms with Crippen molar-refractivity contribution in [3.8, 4) is 5.75 Å². The molecule has 0 saturated heterocycles. The molecule has 0 atom stereocenters. The van der Waals surface area contributed by atoms with Crippen LogP contribution in [0.3, 0.4) is 0 Å². The minimum atomic E-state index is -0.358. The van der Waals surface area contributed by atoms with Crippen molar-refractivity contribution in [3.05, 3.63) is 94.7 Å². The fourth-order valence-electron chi connectivity index (χ4n) is 2.72. The predicted molar refractivity (Wildman–Crippen MR) is 112 cm³/mol. The topological polar surface area (TPSA) is 57.6 Å². The molecule has 3 aromatic carbocycles. The summed E-state index contributed by atoms with van der Waals surface area (Å²) in [5.74, 6) is -0.639. The van der Waals surface area contributed by atoms with Gasteiger partial charge in [0.1, 0.15) is 5.75 Å². The Morgan fingerprint density at radius 1 is 0.607 bits per heavy atom. The molecule has 1 aliphatic rings. The van der Waals surface area contributed by atoms with Gasteiger partial charge in [-0.2, -0.15) is 0 Å². The molecule has 1 N–H and O–H groups in total. The van der Waals surface area contributed by atoms with E-state index < -0.39 is 0 Å². The molecule has 0 bridgehead atoms. The van der Waals surface area contributed by atoms with Gasteiger partial charge in [0.25, 0.3) is 11.8 Å². The number of carbonyl (C=O) groups excluding carboxylic acids is 2. The molecule has 4 rings (SSSR count). The van der Waals surface area contributed by atoms with E-state index in [1.54, 1.807) is 12.1 Å². The van der Waals surface area contributed by atoms with Crippen LogP contribution in [0.2, 0.25) is 0 Å². The van der Waals surface area contributed by atoms with Crippen LogP contribution in [0.25, 0.3) is 0 Å². The Labute approximate surface area is 170 Å². The van der Waals surface area contributed by atoms with Gasteiger partial charge in [0, 0.05) is 9.79 Å². The summed E-state index contributed by atoms with van der Waals surface area (Å²) in [7, 11) is 0. The molecule has 138 valence electrons. The molecular formula is C22H15NO3S2. The third-order valence-electron chi connectivity index (χ3n) is 4.04. The van der Waals surface area contributed by atoms with Gasteiger partial charge in [-0.25, -0.2) is 4.90 Å². The first-order valence-electron chi connectivity index (χ1n) is 8.51. The van der Waals surface area contributed by atoms with Crippen LogP contribution in [-0.4, -0.2) is 16.9 Å². The maximum absolute atomic E-state index is 13.2. The molecule has 2 amide bonds. The van der Waals surface area contributed by atoms with Gasteiger partial charge in [-0.15, -0.1) is 0 Å². The maximum atomic E-state index is 13.2. The molecule has 0 aromatic heterocycles. The summed E-state index contributed by atoms with van der Waals surface area (Å²) in [5, 5.41) is 9.52. The van der Waals surface area contributed by atoms with Crippen molar-refractivity contribution < 1.29 is 14.7 Å². The summed E-state index contributed by atoms with van der Waals surface area (Å²) in [5.41, 5.74) is 0.433. The summed E-state index contributed by atoms with van der Waals surface area (Å²) in [6.07, 6.45) is 0. The van der Waals surface area contributed by atoms with Crippen molar-refractivity contribution in [1.82, 2.24) is 0 Å². The van der Waals surface area contributed by atoms with Gasteiger partial charge in [0.2, 0.25) is 0 Å². The smallest absolute Gasteiger partial charge is 0.273 e. The number of anilines is 1. The van der Waals surface area contributed by atoms with Gasteiger partial charge >= 0.3 is 0 Å². The molecule has 0 unspecified atom stereocenters. The normalized spacial score (nSPS) is 14.1. The summed E-state index contributed by atoms with van der Waals surface area (Å²) in [6, 6.07) is 25.1. The second kappa shape index (κ2) is 7.96. The highest BCUT2D eigenvalue weighted by Crippen LogP contribution is 2.43. The van der Waals surface area contributed by atoms with Gasteiger partial charge in [-0.05, 0) is 48.5 Å². The quantitative estimate of drug-likeness (QED) is 0.601. The van der Waals surface area contributed by atoms with Crippen LogP contribution in [0.15, 0.2) is 105 Å². The Hall–Kier alpha value is -2.96. The molecule has 0 aliphatic carbocycles. The molecule has 6 heteroatoms. The average molecular weight is 406 g/mol. The van der Waals surface area contributed by atoms with Gasteiger partial charge in [0.15, 0.2) is 0 Å². The Balaban J connectivity index is 1.74. The first kappa shape index (κ1) is 18.4. The lowest BCUT2D eigenvalue weighted by Crippen LogP contribution is -2.31. The van der Waals surface area contributed by atoms with E-state index in [1.165, 1.54) is 35.7 Å². The highest BCUT2D eigenvalue weighted by Gasteiger charge is 2.40. The zero-order valence-corrected chi connectivity index (χ0v) is 16.2. The van der Waals surface area contributed by atoms with E-state index >= 15 is 0 Å². The maximum Gasteiger partial charge on any atom is 0.273 e. The number of hydrogen-bond donors (Lipinski definition) is 1. The number of phenols is 1. The number of amides is 2. The van der Waals surface area contributed by atoms with Crippen molar-refractivity contribution in [2.45, 2.75) is 9.79 Å². The molecule has 28 heavy (non-hydrogen) atoms. The zero-order valence-electron chi connectivity index (χ0n) is 14.6. The summed E-state index contributed by atoms with van der Waals surface area (Å²) < 4.78 is 0. The van der Waals surface area contributed by atoms with Crippen LogP contribution < -0.4 is 4.90 Å². The molecule has 0 saturated carbocycles. The van der Waals surface area contributed by atoms with Crippen LogP contribution in [0.5, 0.6) is 5.75 Å². The second-order valence-electron chi connectivity index (χ2n) is 5.95. The lowest BCUT2D eigenvalue weighted by atomic mass is 10.3. The number of thioether (sulfide) groups is 2. The van der Waals surface area contributed by atoms with E-state index in [4.69, 9.17) is 0 Å². The number of phenolic OH excluding ortho intramolecular Hbond substituents is 1. The Kier molecular flexibility index (Phi) is 5.23. The minimum Gasteiger partial charge on any atom is -0.508 e. The molecule has 0 radical (unpaired) electrons. The molecule has 1 aliphatic heterocycles. The van der Waals surface area contributed by atoms with E-state index in [-0.39, 0.29) is 17.6 Å². The average Bonchev–Trinajstić information content (AvgIpc) is 2.94. The Bertz CT molecular complexity index is 985. The van der Waals surface area contributed by atoms with E-state index in [9.17, 15) is 14.7 Å². The summed E-state index contributed by atoms with van der Waals surface area (Å²) in [6.45, 7) is 0. The van der Waals surface area contributed by atoms with Crippen molar-refractivity contribution in [1.29, 1.82) is 0 Å². The van der Waals surface area contributed by atoms with E-state index in [0.29, 0.717) is 15.5 Å². The second-order valence-corrected chi connectivity index (χ2v) is 8.12. The van der Waals surface area contributed by atoms with Crippen LogP contribution >= 0.6 is 23.5 Å². The van der Waals surface area contributed by atoms with Crippen LogP contribution in [0.4, 0.5) is 5.69 Å². The monoisotopic (exact) mass is 405 g/mol. The van der Waals surface area contributed by atoms with Crippen LogP contribution in [0, 0.1) is 0 Å². The lowest BCUT2D eigenvalue weighted by Gasteiger charge is -2.15. The molecule has 0 fully saturated rings. The SMILES string of the molecule is O=C1C(Sc2ccccc2)=C(Sc2ccccc2)C(=O)N1c1ccc(O)cc1. The molecule has 1 heterocycles. The van der Waals surface area contributed by atoms with Crippen molar-refractivity contribution in [3.63, 3.8) is 0 Å². The summed E-state index contributed by atoms with van der Waals surface area (Å²) >= 11 is 2.58. The van der Waals surface area contributed by atoms with Gasteiger partial charge in [0.05, 0.1) is 15.5 Å². The largest absolute Gasteiger partial charge is 0.508 e. The number of rotatable bonds is 5. The zero-order chi connectivity index (χ0) is 19.5. The molecule has 4 nitrogen and oxygen atoms in total. The Morgan fingerprint density at radius 2 is 1.04 bits per heavy atom. The van der Waals surface area contributed by atoms with Crippen molar-refractivity contribution >= 4 is 41.0 Å². The highest BCUT2D eigenvalue weighted by atomic mass is 32.2. The van der Waals surface area contributed by atoms with E-state index in [1.807, 2.05) is 60.7 Å². The third kappa shape index (κ3) is 3.69. The van der Waals surface area contributed by atoms with E-state index in [2.05, 4.69) is 0 Å². The third-order valence-corrected chi connectivity index (χ3v) is 6.35. The fraction of sp³-hybridized carbons (Fsp3) is 0.